The molecule has 0 fully saturated rings. The van der Waals surface area contributed by atoms with Crippen molar-refractivity contribution in [3.63, 3.8) is 0 Å². The molecule has 0 saturated heterocycles. The molecule has 3 heterocycles. The van der Waals surface area contributed by atoms with Gasteiger partial charge in [-0.05, 0) is 35.4 Å². The monoisotopic (exact) mass is 552 g/mol. The van der Waals surface area contributed by atoms with Gasteiger partial charge in [0, 0.05) is 47.3 Å². The molecule has 2 nitrogen and oxygen atoms in total. The summed E-state index contributed by atoms with van der Waals surface area (Å²) in [6.07, 6.45) is 0. The molecule has 3 heteroatoms. The Hall–Kier alpha value is -5.25. The van der Waals surface area contributed by atoms with E-state index in [1.54, 1.807) is 0 Å². The molecule has 6 aromatic carbocycles. The van der Waals surface area contributed by atoms with Crippen LogP contribution in [0.4, 0.5) is 0 Å². The maximum atomic E-state index is 5.34. The quantitative estimate of drug-likeness (QED) is 0.213. The predicted molar refractivity (Wildman–Crippen MR) is 180 cm³/mol. The van der Waals surface area contributed by atoms with Crippen molar-refractivity contribution >= 4 is 64.1 Å². The average Bonchev–Trinajstić information content (AvgIpc) is 3.62. The van der Waals surface area contributed by atoms with E-state index in [2.05, 4.69) is 150 Å². The summed E-state index contributed by atoms with van der Waals surface area (Å²) < 4.78 is 5.04. The van der Waals surface area contributed by atoms with Gasteiger partial charge >= 0.3 is 0 Å². The van der Waals surface area contributed by atoms with Crippen LogP contribution in [0.1, 0.15) is 0 Å². The number of nitrogens with zero attached hydrogens (tertiary/aromatic N) is 2. The molecule has 0 radical (unpaired) electrons. The number of para-hydroxylation sites is 1. The molecular weight excluding hydrogens is 529 g/mol. The van der Waals surface area contributed by atoms with Crippen LogP contribution in [0.3, 0.4) is 0 Å². The van der Waals surface area contributed by atoms with Gasteiger partial charge in [-0.15, -0.1) is 11.3 Å². The Labute approximate surface area is 246 Å². The highest BCUT2D eigenvalue weighted by molar-refractivity contribution is 7.26. The van der Waals surface area contributed by atoms with Gasteiger partial charge in [-0.2, -0.15) is 0 Å². The molecular formula is C39H24N2S. The van der Waals surface area contributed by atoms with Crippen molar-refractivity contribution in [2.75, 3.05) is 0 Å². The highest BCUT2D eigenvalue weighted by Gasteiger charge is 2.19. The fourth-order valence-corrected chi connectivity index (χ4v) is 7.70. The summed E-state index contributed by atoms with van der Waals surface area (Å²) in [5, 5.41) is 7.65. The zero-order valence-electron chi connectivity index (χ0n) is 22.7. The number of rotatable bonds is 3. The second kappa shape index (κ2) is 9.13. The lowest BCUT2D eigenvalue weighted by atomic mass is 10.0. The highest BCUT2D eigenvalue weighted by atomic mass is 32.1. The van der Waals surface area contributed by atoms with E-state index in [-0.39, 0.29) is 0 Å². The number of hydrogen-bond acceptors (Lipinski definition) is 2. The SMILES string of the molecule is c1ccc(-c2cc(-c3ccccc3)nc(-n3c4ccccc4c4ccc5c(ccc6c7ccccc7sc65)c43)c2)cc1. The molecule has 0 aliphatic rings. The fourth-order valence-electron chi connectivity index (χ4n) is 6.47. The summed E-state index contributed by atoms with van der Waals surface area (Å²) in [6.45, 7) is 0. The van der Waals surface area contributed by atoms with Crippen molar-refractivity contribution in [2.45, 2.75) is 0 Å². The summed E-state index contributed by atoms with van der Waals surface area (Å²) in [5.41, 5.74) is 6.76. The Bertz CT molecular complexity index is 2390. The first-order valence-corrected chi connectivity index (χ1v) is 15.0. The van der Waals surface area contributed by atoms with E-state index in [4.69, 9.17) is 4.98 Å². The molecule has 0 amide bonds. The highest BCUT2D eigenvalue weighted by Crippen LogP contribution is 2.43. The van der Waals surface area contributed by atoms with Crippen molar-refractivity contribution in [1.29, 1.82) is 0 Å². The molecule has 0 atom stereocenters. The van der Waals surface area contributed by atoms with Crippen LogP contribution >= 0.6 is 11.3 Å². The molecule has 9 aromatic rings. The lowest BCUT2D eigenvalue weighted by molar-refractivity contribution is 1.09. The van der Waals surface area contributed by atoms with Crippen molar-refractivity contribution in [1.82, 2.24) is 9.55 Å². The van der Waals surface area contributed by atoms with Gasteiger partial charge in [0.1, 0.15) is 5.82 Å². The van der Waals surface area contributed by atoms with Crippen LogP contribution in [0, 0.1) is 0 Å². The van der Waals surface area contributed by atoms with Crippen molar-refractivity contribution in [3.8, 4) is 28.2 Å². The molecule has 0 aliphatic carbocycles. The van der Waals surface area contributed by atoms with Crippen molar-refractivity contribution < 1.29 is 0 Å². The fraction of sp³-hybridized carbons (Fsp3) is 0. The Morgan fingerprint density at radius 3 is 1.83 bits per heavy atom. The number of benzene rings is 6. The van der Waals surface area contributed by atoms with Gasteiger partial charge in [0.15, 0.2) is 0 Å². The lowest BCUT2D eigenvalue weighted by Crippen LogP contribution is -2.00. The topological polar surface area (TPSA) is 17.8 Å². The van der Waals surface area contributed by atoms with E-state index in [9.17, 15) is 0 Å². The van der Waals surface area contributed by atoms with E-state index >= 15 is 0 Å². The van der Waals surface area contributed by atoms with Gasteiger partial charge in [0.2, 0.25) is 0 Å². The van der Waals surface area contributed by atoms with Gasteiger partial charge < -0.3 is 0 Å². The molecule has 0 unspecified atom stereocenters. The van der Waals surface area contributed by atoms with E-state index in [1.807, 2.05) is 11.3 Å². The number of hydrogen-bond donors (Lipinski definition) is 0. The summed E-state index contributed by atoms with van der Waals surface area (Å²) in [7, 11) is 0. The Morgan fingerprint density at radius 1 is 0.452 bits per heavy atom. The number of fused-ring (bicyclic) bond motifs is 9. The Morgan fingerprint density at radius 2 is 1.05 bits per heavy atom. The van der Waals surface area contributed by atoms with Crippen molar-refractivity contribution in [3.05, 3.63) is 146 Å². The molecule has 0 aliphatic heterocycles. The van der Waals surface area contributed by atoms with E-state index in [0.717, 1.165) is 28.2 Å². The summed E-state index contributed by atoms with van der Waals surface area (Å²) >= 11 is 1.88. The van der Waals surface area contributed by atoms with Crippen LogP contribution in [-0.2, 0) is 0 Å². The molecule has 42 heavy (non-hydrogen) atoms. The van der Waals surface area contributed by atoms with Crippen LogP contribution < -0.4 is 0 Å². The molecule has 9 rings (SSSR count). The average molecular weight is 553 g/mol. The Balaban J connectivity index is 1.42. The summed E-state index contributed by atoms with van der Waals surface area (Å²) in [5.74, 6) is 0.922. The number of thiophene rings is 1. The van der Waals surface area contributed by atoms with Crippen LogP contribution in [0.15, 0.2) is 146 Å². The summed E-state index contributed by atoms with van der Waals surface area (Å²) in [4.78, 5) is 5.34. The van der Waals surface area contributed by atoms with Gasteiger partial charge in [0.25, 0.3) is 0 Å². The minimum absolute atomic E-state index is 0.922. The first-order chi connectivity index (χ1) is 20.8. The first-order valence-electron chi connectivity index (χ1n) is 14.2. The number of aromatic nitrogens is 2. The normalized spacial score (nSPS) is 11.8. The van der Waals surface area contributed by atoms with E-state index in [1.165, 1.54) is 52.8 Å². The smallest absolute Gasteiger partial charge is 0.138 e. The third-order valence-corrected chi connectivity index (χ3v) is 9.61. The van der Waals surface area contributed by atoms with Crippen LogP contribution in [0.25, 0.3) is 81.0 Å². The second-order valence-electron chi connectivity index (χ2n) is 10.8. The van der Waals surface area contributed by atoms with Gasteiger partial charge in [0.05, 0.1) is 16.7 Å². The van der Waals surface area contributed by atoms with E-state index in [0.29, 0.717) is 0 Å². The zero-order valence-corrected chi connectivity index (χ0v) is 23.5. The van der Waals surface area contributed by atoms with Gasteiger partial charge in [-0.1, -0.05) is 121 Å². The maximum Gasteiger partial charge on any atom is 0.138 e. The second-order valence-corrected chi connectivity index (χ2v) is 11.8. The van der Waals surface area contributed by atoms with Gasteiger partial charge in [-0.3, -0.25) is 4.57 Å². The van der Waals surface area contributed by atoms with Crippen molar-refractivity contribution in [2.24, 2.45) is 0 Å². The maximum absolute atomic E-state index is 5.34. The van der Waals surface area contributed by atoms with Gasteiger partial charge in [-0.25, -0.2) is 4.98 Å². The van der Waals surface area contributed by atoms with Crippen LogP contribution in [0.5, 0.6) is 0 Å². The molecule has 3 aromatic heterocycles. The molecule has 0 saturated carbocycles. The minimum Gasteiger partial charge on any atom is -0.293 e. The predicted octanol–water partition coefficient (Wildman–Crippen LogP) is 11.0. The van der Waals surface area contributed by atoms with E-state index < -0.39 is 0 Å². The molecule has 196 valence electrons. The molecule has 0 spiro atoms. The van der Waals surface area contributed by atoms with Crippen LogP contribution in [0.2, 0.25) is 0 Å². The van der Waals surface area contributed by atoms with Crippen LogP contribution in [-0.4, -0.2) is 9.55 Å². The third-order valence-electron chi connectivity index (χ3n) is 8.39. The Kier molecular flexibility index (Phi) is 5.10. The molecule has 0 bridgehead atoms. The zero-order chi connectivity index (χ0) is 27.6. The molecule has 0 N–H and O–H groups in total. The standard InChI is InChI=1S/C39H24N2S/c1-3-11-25(12-4-1)27-23-34(26-13-5-2-6-14-26)40-37(24-27)41-35-17-9-7-15-28(35)30-19-22-33-31(38(30)41)20-21-32-29-16-8-10-18-36(29)42-39(32)33/h1-24H. The summed E-state index contributed by atoms with van der Waals surface area (Å²) in [6, 6.07) is 52.2. The first kappa shape index (κ1) is 23.5. The minimum atomic E-state index is 0.922. The largest absolute Gasteiger partial charge is 0.293 e. The number of pyridine rings is 1. The lowest BCUT2D eigenvalue weighted by Gasteiger charge is -2.14. The third kappa shape index (κ3) is 3.47.